The fourth-order valence-electron chi connectivity index (χ4n) is 1.63. The van der Waals surface area contributed by atoms with Gasteiger partial charge >= 0.3 is 5.97 Å². The molecule has 2 rings (SSSR count). The van der Waals surface area contributed by atoms with Crippen LogP contribution in [0.4, 0.5) is 0 Å². The van der Waals surface area contributed by atoms with Crippen LogP contribution in [0.1, 0.15) is 10.5 Å². The lowest BCUT2D eigenvalue weighted by atomic mass is 10.1. The Kier molecular flexibility index (Phi) is 3.62. The number of benzene rings is 1. The van der Waals surface area contributed by atoms with Crippen LogP contribution in [-0.2, 0) is 0 Å². The van der Waals surface area contributed by atoms with Gasteiger partial charge in [0.05, 0.1) is 24.9 Å². The molecule has 0 spiro atoms. The number of hydrogen-bond acceptors (Lipinski definition) is 4. The number of ether oxygens (including phenoxy) is 2. The van der Waals surface area contributed by atoms with Gasteiger partial charge in [0, 0.05) is 11.6 Å². The molecule has 6 nitrogen and oxygen atoms in total. The molecule has 19 heavy (non-hydrogen) atoms. The molecule has 7 heteroatoms. The zero-order valence-electron chi connectivity index (χ0n) is 10.2. The summed E-state index contributed by atoms with van der Waals surface area (Å²) in [6.45, 7) is 0. The van der Waals surface area contributed by atoms with Crippen LogP contribution < -0.4 is 9.47 Å². The number of aromatic nitrogens is 2. The Balaban J connectivity index is 2.53. The second-order valence-electron chi connectivity index (χ2n) is 3.66. The number of carboxylic acid groups (broad SMARTS) is 1. The minimum absolute atomic E-state index is 0.0102. The van der Waals surface area contributed by atoms with Crippen LogP contribution in [0.15, 0.2) is 18.2 Å². The molecule has 1 aromatic heterocycles. The smallest absolute Gasteiger partial charge is 0.353 e. The van der Waals surface area contributed by atoms with Gasteiger partial charge in [-0.25, -0.2) is 4.79 Å². The van der Waals surface area contributed by atoms with Crippen molar-refractivity contribution >= 4 is 17.6 Å². The summed E-state index contributed by atoms with van der Waals surface area (Å²) >= 11 is 6.04. The average Bonchev–Trinajstić information content (AvgIpc) is 2.88. The van der Waals surface area contributed by atoms with Gasteiger partial charge in [0.1, 0.15) is 17.2 Å². The number of halogens is 1. The molecule has 0 saturated carbocycles. The Morgan fingerprint density at radius 2 is 1.95 bits per heavy atom. The van der Waals surface area contributed by atoms with Gasteiger partial charge in [-0.15, -0.1) is 0 Å². The van der Waals surface area contributed by atoms with Gasteiger partial charge in [0.25, 0.3) is 0 Å². The van der Waals surface area contributed by atoms with E-state index in [-0.39, 0.29) is 5.69 Å². The van der Waals surface area contributed by atoms with Crippen molar-refractivity contribution in [1.82, 2.24) is 10.2 Å². The fraction of sp³-hybridized carbons (Fsp3) is 0.167. The molecular weight excluding hydrogens is 272 g/mol. The summed E-state index contributed by atoms with van der Waals surface area (Å²) < 4.78 is 10.3. The van der Waals surface area contributed by atoms with Gasteiger partial charge in [0.15, 0.2) is 0 Å². The molecule has 0 amide bonds. The standard InChI is InChI=1S/C12H11ClN2O4/c1-18-10-5-11(19-2)7(13)3-6(10)8-4-9(12(16)17)15-14-8/h3-5H,1-2H3,(H,14,15)(H,16,17). The minimum atomic E-state index is -1.09. The normalized spacial score (nSPS) is 10.3. The van der Waals surface area contributed by atoms with Crippen LogP contribution in [0, 0.1) is 0 Å². The first-order valence-electron chi connectivity index (χ1n) is 5.27. The quantitative estimate of drug-likeness (QED) is 0.900. The molecule has 2 N–H and O–H groups in total. The lowest BCUT2D eigenvalue weighted by Crippen LogP contribution is -1.95. The van der Waals surface area contributed by atoms with Crippen LogP contribution >= 0.6 is 11.6 Å². The summed E-state index contributed by atoms with van der Waals surface area (Å²) in [5.41, 5.74) is 1.000. The van der Waals surface area contributed by atoms with Crippen LogP contribution in [0.3, 0.4) is 0 Å². The van der Waals surface area contributed by atoms with Crippen molar-refractivity contribution in [2.45, 2.75) is 0 Å². The molecule has 2 aromatic rings. The lowest BCUT2D eigenvalue weighted by Gasteiger charge is -2.10. The van der Waals surface area contributed by atoms with Gasteiger partial charge < -0.3 is 14.6 Å². The Bertz CT molecular complexity index is 624. The third kappa shape index (κ3) is 2.48. The maximum absolute atomic E-state index is 10.8. The van der Waals surface area contributed by atoms with E-state index in [0.717, 1.165) is 0 Å². The highest BCUT2D eigenvalue weighted by molar-refractivity contribution is 6.32. The zero-order valence-corrected chi connectivity index (χ0v) is 11.0. The molecular formula is C12H11ClN2O4. The van der Waals surface area contributed by atoms with Crippen LogP contribution in [0.2, 0.25) is 5.02 Å². The van der Waals surface area contributed by atoms with Crippen molar-refractivity contribution < 1.29 is 19.4 Å². The monoisotopic (exact) mass is 282 g/mol. The lowest BCUT2D eigenvalue weighted by molar-refractivity contribution is 0.0690. The third-order valence-electron chi connectivity index (χ3n) is 2.56. The molecule has 0 radical (unpaired) electrons. The third-order valence-corrected chi connectivity index (χ3v) is 2.85. The molecule has 1 aromatic carbocycles. The first kappa shape index (κ1) is 13.2. The van der Waals surface area contributed by atoms with Gasteiger partial charge in [-0.1, -0.05) is 11.6 Å². The number of nitrogens with one attached hydrogen (secondary N) is 1. The highest BCUT2D eigenvalue weighted by Gasteiger charge is 2.16. The van der Waals surface area contributed by atoms with E-state index in [4.69, 9.17) is 26.2 Å². The number of carboxylic acids is 1. The fourth-order valence-corrected chi connectivity index (χ4v) is 1.87. The predicted molar refractivity (Wildman–Crippen MR) is 69.1 cm³/mol. The summed E-state index contributed by atoms with van der Waals surface area (Å²) in [6.07, 6.45) is 0. The Morgan fingerprint density at radius 3 is 2.47 bits per heavy atom. The molecule has 0 atom stereocenters. The Hall–Kier alpha value is -2.21. The number of nitrogens with zero attached hydrogens (tertiary/aromatic N) is 1. The summed E-state index contributed by atoms with van der Waals surface area (Å²) in [5, 5.41) is 15.6. The summed E-state index contributed by atoms with van der Waals surface area (Å²) in [7, 11) is 2.99. The van der Waals surface area contributed by atoms with E-state index in [1.165, 1.54) is 20.3 Å². The first-order valence-corrected chi connectivity index (χ1v) is 5.65. The second kappa shape index (κ2) is 5.19. The largest absolute Gasteiger partial charge is 0.496 e. The summed E-state index contributed by atoms with van der Waals surface area (Å²) in [6, 6.07) is 4.64. The average molecular weight is 283 g/mol. The predicted octanol–water partition coefficient (Wildman–Crippen LogP) is 2.45. The molecule has 0 aliphatic carbocycles. The molecule has 100 valence electrons. The maximum atomic E-state index is 10.8. The van der Waals surface area contributed by atoms with E-state index < -0.39 is 5.97 Å². The molecule has 0 aliphatic heterocycles. The maximum Gasteiger partial charge on any atom is 0.353 e. The van der Waals surface area contributed by atoms with Crippen molar-refractivity contribution in [3.63, 3.8) is 0 Å². The SMILES string of the molecule is COc1cc(OC)c(-c2cc(C(=O)O)[nH]n2)cc1Cl. The van der Waals surface area contributed by atoms with E-state index in [0.29, 0.717) is 27.8 Å². The molecule has 1 heterocycles. The number of carbonyl (C=O) groups is 1. The van der Waals surface area contributed by atoms with Crippen LogP contribution in [0.25, 0.3) is 11.3 Å². The van der Waals surface area contributed by atoms with Crippen molar-refractivity contribution in [1.29, 1.82) is 0 Å². The van der Waals surface area contributed by atoms with Crippen molar-refractivity contribution in [3.8, 4) is 22.8 Å². The number of aromatic carboxylic acids is 1. The number of aromatic amines is 1. The number of rotatable bonds is 4. The molecule has 0 fully saturated rings. The van der Waals surface area contributed by atoms with Crippen molar-refractivity contribution in [2.24, 2.45) is 0 Å². The van der Waals surface area contributed by atoms with Crippen molar-refractivity contribution in [2.75, 3.05) is 14.2 Å². The van der Waals surface area contributed by atoms with Crippen LogP contribution in [-0.4, -0.2) is 35.5 Å². The molecule has 0 bridgehead atoms. The molecule has 0 unspecified atom stereocenters. The second-order valence-corrected chi connectivity index (χ2v) is 4.07. The van der Waals surface area contributed by atoms with Gasteiger partial charge in [-0.2, -0.15) is 5.10 Å². The Labute approximate surface area is 113 Å². The Morgan fingerprint density at radius 1 is 1.26 bits per heavy atom. The number of hydrogen-bond donors (Lipinski definition) is 2. The summed E-state index contributed by atoms with van der Waals surface area (Å²) in [4.78, 5) is 10.8. The van der Waals surface area contributed by atoms with E-state index in [1.54, 1.807) is 12.1 Å². The van der Waals surface area contributed by atoms with Gasteiger partial charge in [0.2, 0.25) is 0 Å². The van der Waals surface area contributed by atoms with Crippen LogP contribution in [0.5, 0.6) is 11.5 Å². The van der Waals surface area contributed by atoms with E-state index in [9.17, 15) is 4.79 Å². The number of methoxy groups -OCH3 is 2. The highest BCUT2D eigenvalue weighted by atomic mass is 35.5. The molecule has 0 saturated heterocycles. The van der Waals surface area contributed by atoms with Gasteiger partial charge in [-0.05, 0) is 12.1 Å². The highest BCUT2D eigenvalue weighted by Crippen LogP contribution is 2.37. The van der Waals surface area contributed by atoms with Gasteiger partial charge in [-0.3, -0.25) is 5.10 Å². The molecule has 0 aliphatic rings. The summed E-state index contributed by atoms with van der Waals surface area (Å²) in [5.74, 6) is -0.127. The number of H-pyrrole nitrogens is 1. The van der Waals surface area contributed by atoms with E-state index in [2.05, 4.69) is 10.2 Å². The topological polar surface area (TPSA) is 84.4 Å². The first-order chi connectivity index (χ1) is 9.06. The van der Waals surface area contributed by atoms with Crippen molar-refractivity contribution in [3.05, 3.63) is 28.9 Å². The van der Waals surface area contributed by atoms with E-state index in [1.807, 2.05) is 0 Å². The minimum Gasteiger partial charge on any atom is -0.496 e. The van der Waals surface area contributed by atoms with E-state index >= 15 is 0 Å². The zero-order chi connectivity index (χ0) is 14.0.